The van der Waals surface area contributed by atoms with Gasteiger partial charge in [-0.25, -0.2) is 0 Å². The van der Waals surface area contributed by atoms with Crippen LogP contribution in [-0.2, 0) is 9.53 Å². The van der Waals surface area contributed by atoms with Gasteiger partial charge in [-0.15, -0.1) is 0 Å². The number of ketones is 1. The predicted molar refractivity (Wildman–Crippen MR) is 45.9 cm³/mol. The molecule has 68 valence electrons. The summed E-state index contributed by atoms with van der Waals surface area (Å²) in [7, 11) is 0. The van der Waals surface area contributed by atoms with Gasteiger partial charge >= 0.3 is 0 Å². The lowest BCUT2D eigenvalue weighted by molar-refractivity contribution is -0.123. The molecule has 0 amide bonds. The minimum absolute atomic E-state index is 0.238. The summed E-state index contributed by atoms with van der Waals surface area (Å²) in [6.45, 7) is 2.07. The van der Waals surface area contributed by atoms with Crippen LogP contribution in [0, 0.1) is 5.92 Å². The van der Waals surface area contributed by atoms with Gasteiger partial charge in [0.2, 0.25) is 0 Å². The average Bonchev–Trinajstić information content (AvgIpc) is 2.33. The molecule has 1 heterocycles. The van der Waals surface area contributed by atoms with E-state index in [-0.39, 0.29) is 12.0 Å². The van der Waals surface area contributed by atoms with Crippen LogP contribution in [0.25, 0.3) is 0 Å². The molecule has 0 N–H and O–H groups in total. The molecule has 3 unspecified atom stereocenters. The molecule has 2 heteroatoms. The molecule has 0 spiro atoms. The minimum Gasteiger partial charge on any atom is -0.375 e. The lowest BCUT2D eigenvalue weighted by atomic mass is 9.94. The quantitative estimate of drug-likeness (QED) is 0.552. The lowest BCUT2D eigenvalue weighted by Crippen LogP contribution is -2.21. The summed E-state index contributed by atoms with van der Waals surface area (Å²) in [5.41, 5.74) is 0. The molecule has 0 bridgehead atoms. The highest BCUT2D eigenvalue weighted by Gasteiger charge is 2.38. The fourth-order valence-electron chi connectivity index (χ4n) is 2.40. The molecule has 0 radical (unpaired) electrons. The van der Waals surface area contributed by atoms with Crippen molar-refractivity contribution in [1.29, 1.82) is 0 Å². The molecule has 2 aliphatic rings. The lowest BCUT2D eigenvalue weighted by Gasteiger charge is -2.12. The monoisotopic (exact) mass is 168 g/mol. The zero-order chi connectivity index (χ0) is 8.55. The molecule has 1 saturated carbocycles. The highest BCUT2D eigenvalue weighted by molar-refractivity contribution is 5.82. The van der Waals surface area contributed by atoms with Crippen LogP contribution in [-0.4, -0.2) is 18.0 Å². The van der Waals surface area contributed by atoms with Crippen molar-refractivity contribution in [2.45, 2.75) is 51.2 Å². The van der Waals surface area contributed by atoms with Crippen LogP contribution in [0.4, 0.5) is 0 Å². The van der Waals surface area contributed by atoms with E-state index in [0.717, 1.165) is 25.7 Å². The van der Waals surface area contributed by atoms with Crippen LogP contribution in [0.2, 0.25) is 0 Å². The molecule has 2 rings (SSSR count). The molecule has 2 nitrogen and oxygen atoms in total. The number of hydrogen-bond donors (Lipinski definition) is 0. The van der Waals surface area contributed by atoms with Crippen molar-refractivity contribution in [2.75, 3.05) is 0 Å². The fourth-order valence-corrected chi connectivity index (χ4v) is 2.40. The third kappa shape index (κ3) is 1.40. The van der Waals surface area contributed by atoms with E-state index in [4.69, 9.17) is 4.74 Å². The van der Waals surface area contributed by atoms with Crippen molar-refractivity contribution in [1.82, 2.24) is 0 Å². The first kappa shape index (κ1) is 8.24. The molecule has 2 fully saturated rings. The van der Waals surface area contributed by atoms with Gasteiger partial charge in [0.1, 0.15) is 5.78 Å². The topological polar surface area (TPSA) is 26.3 Å². The van der Waals surface area contributed by atoms with E-state index in [2.05, 4.69) is 6.92 Å². The Labute approximate surface area is 73.3 Å². The van der Waals surface area contributed by atoms with Crippen LogP contribution in [0.15, 0.2) is 0 Å². The summed E-state index contributed by atoms with van der Waals surface area (Å²) < 4.78 is 5.69. The van der Waals surface area contributed by atoms with Gasteiger partial charge in [-0.05, 0) is 26.2 Å². The summed E-state index contributed by atoms with van der Waals surface area (Å²) in [5, 5.41) is 0. The molecule has 1 aliphatic carbocycles. The molecule has 3 atom stereocenters. The Kier molecular flexibility index (Phi) is 2.18. The van der Waals surface area contributed by atoms with Crippen molar-refractivity contribution in [3.63, 3.8) is 0 Å². The summed E-state index contributed by atoms with van der Waals surface area (Å²) in [5.74, 6) is 0.685. The molecule has 1 aliphatic heterocycles. The zero-order valence-electron chi connectivity index (χ0n) is 7.58. The molecular weight excluding hydrogens is 152 g/mol. The van der Waals surface area contributed by atoms with Crippen LogP contribution >= 0.6 is 0 Å². The zero-order valence-corrected chi connectivity index (χ0v) is 7.58. The summed E-state index contributed by atoms with van der Waals surface area (Å²) in [6, 6.07) is 0. The van der Waals surface area contributed by atoms with E-state index in [0.29, 0.717) is 11.9 Å². The van der Waals surface area contributed by atoms with Gasteiger partial charge in [-0.2, -0.15) is 0 Å². The van der Waals surface area contributed by atoms with Crippen molar-refractivity contribution in [2.24, 2.45) is 5.92 Å². The highest BCUT2D eigenvalue weighted by Crippen LogP contribution is 2.33. The third-order valence-electron chi connectivity index (χ3n) is 3.02. The van der Waals surface area contributed by atoms with Crippen LogP contribution < -0.4 is 0 Å². The number of Topliss-reactive ketones (excluding diaryl/α,β-unsaturated/α-hetero) is 1. The van der Waals surface area contributed by atoms with Crippen LogP contribution in [0.5, 0.6) is 0 Å². The van der Waals surface area contributed by atoms with E-state index in [1.807, 2.05) is 0 Å². The summed E-state index contributed by atoms with van der Waals surface area (Å²) in [4.78, 5) is 11.6. The smallest absolute Gasteiger partial charge is 0.138 e. The Hall–Kier alpha value is -0.370. The number of fused-ring (bicyclic) bond motifs is 1. The second-order valence-corrected chi connectivity index (χ2v) is 4.04. The van der Waals surface area contributed by atoms with E-state index >= 15 is 0 Å². The number of carbonyl (C=O) groups is 1. The fraction of sp³-hybridized carbons (Fsp3) is 0.900. The van der Waals surface area contributed by atoms with Gasteiger partial charge in [-0.3, -0.25) is 4.79 Å². The van der Waals surface area contributed by atoms with Crippen molar-refractivity contribution < 1.29 is 9.53 Å². The van der Waals surface area contributed by atoms with E-state index in [9.17, 15) is 4.79 Å². The second kappa shape index (κ2) is 3.17. The first-order valence-electron chi connectivity index (χ1n) is 4.95. The van der Waals surface area contributed by atoms with Crippen molar-refractivity contribution >= 4 is 5.78 Å². The Morgan fingerprint density at radius 2 is 2.25 bits per heavy atom. The Morgan fingerprint density at radius 1 is 1.42 bits per heavy atom. The van der Waals surface area contributed by atoms with Crippen LogP contribution in [0.3, 0.4) is 0 Å². The van der Waals surface area contributed by atoms with E-state index in [1.165, 1.54) is 6.42 Å². The third-order valence-corrected chi connectivity index (χ3v) is 3.02. The number of ether oxygens (including phenoxy) is 1. The Morgan fingerprint density at radius 3 is 3.08 bits per heavy atom. The number of hydrogen-bond acceptors (Lipinski definition) is 2. The number of carbonyl (C=O) groups excluding carboxylic acids is 1. The SMILES string of the molecule is CC1CC2C(=O)CCCCC2O1. The van der Waals surface area contributed by atoms with Gasteiger partial charge < -0.3 is 4.74 Å². The highest BCUT2D eigenvalue weighted by atomic mass is 16.5. The van der Waals surface area contributed by atoms with Gasteiger partial charge in [0.05, 0.1) is 12.2 Å². The molecule has 0 aromatic rings. The maximum absolute atomic E-state index is 11.6. The first-order valence-corrected chi connectivity index (χ1v) is 4.95. The van der Waals surface area contributed by atoms with Crippen molar-refractivity contribution in [3.05, 3.63) is 0 Å². The minimum atomic E-state index is 0.238. The molecule has 12 heavy (non-hydrogen) atoms. The Bertz CT molecular complexity index is 188. The average molecular weight is 168 g/mol. The standard InChI is InChI=1S/C10H16O2/c1-7-6-8-9(11)4-2-3-5-10(8)12-7/h7-8,10H,2-6H2,1H3. The largest absolute Gasteiger partial charge is 0.375 e. The van der Waals surface area contributed by atoms with Gasteiger partial charge in [-0.1, -0.05) is 6.42 Å². The summed E-state index contributed by atoms with van der Waals surface area (Å²) >= 11 is 0. The van der Waals surface area contributed by atoms with Crippen LogP contribution in [0.1, 0.15) is 39.0 Å². The maximum atomic E-state index is 11.6. The summed E-state index contributed by atoms with van der Waals surface area (Å²) in [6.07, 6.45) is 5.65. The maximum Gasteiger partial charge on any atom is 0.138 e. The van der Waals surface area contributed by atoms with Gasteiger partial charge in [0.15, 0.2) is 0 Å². The molecule has 1 saturated heterocycles. The van der Waals surface area contributed by atoms with Crippen molar-refractivity contribution in [3.8, 4) is 0 Å². The Balaban J connectivity index is 2.09. The second-order valence-electron chi connectivity index (χ2n) is 4.04. The van der Waals surface area contributed by atoms with E-state index < -0.39 is 0 Å². The molecule has 0 aromatic carbocycles. The van der Waals surface area contributed by atoms with Gasteiger partial charge in [0.25, 0.3) is 0 Å². The molecular formula is C10H16O2. The first-order chi connectivity index (χ1) is 5.77. The van der Waals surface area contributed by atoms with E-state index in [1.54, 1.807) is 0 Å². The number of rotatable bonds is 0. The predicted octanol–water partition coefficient (Wildman–Crippen LogP) is 1.92. The van der Waals surface area contributed by atoms with Gasteiger partial charge in [0, 0.05) is 12.3 Å². The normalized spacial score (nSPS) is 42.4. The molecule has 0 aromatic heterocycles.